The van der Waals surface area contributed by atoms with Gasteiger partial charge in [-0.05, 0) is 47.5 Å². The normalized spacial score (nSPS) is 12.0. The van der Waals surface area contributed by atoms with Crippen LogP contribution in [0, 0.1) is 5.82 Å². The van der Waals surface area contributed by atoms with E-state index in [2.05, 4.69) is 41.1 Å². The third-order valence-electron chi connectivity index (χ3n) is 5.02. The van der Waals surface area contributed by atoms with Gasteiger partial charge in [-0.15, -0.1) is 0 Å². The number of aromatic nitrogens is 4. The summed E-state index contributed by atoms with van der Waals surface area (Å²) in [4.78, 5) is 16.2. The van der Waals surface area contributed by atoms with Crippen LogP contribution in [0.25, 0.3) is 0 Å². The second-order valence-electron chi connectivity index (χ2n) is 7.96. The minimum absolute atomic E-state index is 0.0298. The molecule has 3 N–H and O–H groups in total. The number of hydrazone groups is 1. The van der Waals surface area contributed by atoms with Crippen molar-refractivity contribution in [3.8, 4) is 0 Å². The minimum Gasteiger partial charge on any atom is -0.350 e. The van der Waals surface area contributed by atoms with Gasteiger partial charge in [-0.1, -0.05) is 29.8 Å². The molecule has 8 nitrogen and oxygen atoms in total. The SMILES string of the molecule is Fc1ccc(Nc2nc(NCc3ccc(Cl)nc3)nc(N/N=C/c3ccc(C(F)(F)F)cc3)n2)cc1C(F)(F)F. The number of hydrogen-bond donors (Lipinski definition) is 3. The van der Waals surface area contributed by atoms with Crippen LogP contribution in [0.1, 0.15) is 22.3 Å². The monoisotopic (exact) mass is 584 g/mol. The molecule has 0 bridgehead atoms. The van der Waals surface area contributed by atoms with E-state index < -0.39 is 29.3 Å². The molecule has 208 valence electrons. The average molecular weight is 585 g/mol. The first kappa shape index (κ1) is 28.5. The molecule has 0 saturated carbocycles. The zero-order valence-corrected chi connectivity index (χ0v) is 20.6. The van der Waals surface area contributed by atoms with Crippen LogP contribution in [-0.2, 0) is 18.9 Å². The molecule has 0 radical (unpaired) electrons. The van der Waals surface area contributed by atoms with E-state index in [1.54, 1.807) is 12.1 Å². The second-order valence-corrected chi connectivity index (χ2v) is 8.34. The Morgan fingerprint density at radius 3 is 2.17 bits per heavy atom. The fraction of sp³-hybridized carbons (Fsp3) is 0.125. The lowest BCUT2D eigenvalue weighted by Crippen LogP contribution is -2.11. The van der Waals surface area contributed by atoms with Gasteiger partial charge in [-0.2, -0.15) is 46.4 Å². The van der Waals surface area contributed by atoms with Crippen LogP contribution in [0.2, 0.25) is 5.15 Å². The largest absolute Gasteiger partial charge is 0.419 e. The quantitative estimate of drug-likeness (QED) is 0.0897. The number of halogens is 8. The molecule has 0 saturated heterocycles. The van der Waals surface area contributed by atoms with Gasteiger partial charge < -0.3 is 10.6 Å². The fourth-order valence-electron chi connectivity index (χ4n) is 3.13. The van der Waals surface area contributed by atoms with Gasteiger partial charge in [0.15, 0.2) is 0 Å². The minimum atomic E-state index is -4.93. The van der Waals surface area contributed by atoms with E-state index in [1.165, 1.54) is 24.5 Å². The van der Waals surface area contributed by atoms with E-state index in [0.29, 0.717) is 23.3 Å². The van der Waals surface area contributed by atoms with E-state index in [4.69, 9.17) is 11.6 Å². The molecule has 16 heteroatoms. The van der Waals surface area contributed by atoms with Crippen LogP contribution in [-0.4, -0.2) is 26.2 Å². The van der Waals surface area contributed by atoms with E-state index in [-0.39, 0.29) is 35.2 Å². The molecule has 0 atom stereocenters. The molecule has 0 aliphatic rings. The summed E-state index contributed by atoms with van der Waals surface area (Å²) in [5.41, 5.74) is 1.04. The van der Waals surface area contributed by atoms with Crippen molar-refractivity contribution < 1.29 is 30.7 Å². The Bertz CT molecular complexity index is 1490. The van der Waals surface area contributed by atoms with Crippen molar-refractivity contribution in [3.63, 3.8) is 0 Å². The van der Waals surface area contributed by atoms with Gasteiger partial charge in [0.05, 0.1) is 17.3 Å². The van der Waals surface area contributed by atoms with Crippen molar-refractivity contribution in [2.75, 3.05) is 16.1 Å². The summed E-state index contributed by atoms with van der Waals surface area (Å²) in [6.07, 6.45) is -6.71. The molecule has 0 unspecified atom stereocenters. The third kappa shape index (κ3) is 7.75. The van der Waals surface area contributed by atoms with E-state index in [1.807, 2.05) is 0 Å². The van der Waals surface area contributed by atoms with Crippen molar-refractivity contribution in [1.29, 1.82) is 0 Å². The highest BCUT2D eigenvalue weighted by Gasteiger charge is 2.34. The van der Waals surface area contributed by atoms with Crippen LogP contribution in [0.3, 0.4) is 0 Å². The van der Waals surface area contributed by atoms with Gasteiger partial charge in [-0.3, -0.25) is 0 Å². The van der Waals surface area contributed by atoms with E-state index in [9.17, 15) is 30.7 Å². The van der Waals surface area contributed by atoms with Crippen LogP contribution >= 0.6 is 11.6 Å². The Morgan fingerprint density at radius 1 is 0.825 bits per heavy atom. The average Bonchev–Trinajstić information content (AvgIpc) is 2.89. The summed E-state index contributed by atoms with van der Waals surface area (Å²) in [5, 5.41) is 9.63. The number of nitrogens with one attached hydrogen (secondary N) is 3. The van der Waals surface area contributed by atoms with Gasteiger partial charge in [0, 0.05) is 18.4 Å². The first-order chi connectivity index (χ1) is 18.9. The number of benzene rings is 2. The highest BCUT2D eigenvalue weighted by molar-refractivity contribution is 6.29. The van der Waals surface area contributed by atoms with Gasteiger partial charge in [0.2, 0.25) is 17.8 Å². The highest BCUT2D eigenvalue weighted by atomic mass is 35.5. The lowest BCUT2D eigenvalue weighted by Gasteiger charge is -2.12. The summed E-state index contributed by atoms with van der Waals surface area (Å²) in [6.45, 7) is 0.177. The molecule has 0 fully saturated rings. The van der Waals surface area contributed by atoms with Crippen LogP contribution in [0.4, 0.5) is 54.3 Å². The summed E-state index contributed by atoms with van der Waals surface area (Å²) in [5.74, 6) is -1.88. The van der Waals surface area contributed by atoms with Gasteiger partial charge in [0.1, 0.15) is 11.0 Å². The highest BCUT2D eigenvalue weighted by Crippen LogP contribution is 2.33. The van der Waals surface area contributed by atoms with Crippen molar-refractivity contribution in [3.05, 3.63) is 94.0 Å². The Labute approximate surface area is 226 Å². The van der Waals surface area contributed by atoms with Gasteiger partial charge in [0.25, 0.3) is 0 Å². The molecule has 2 aromatic carbocycles. The predicted molar refractivity (Wildman–Crippen MR) is 134 cm³/mol. The molecule has 2 aromatic heterocycles. The Kier molecular flexibility index (Phi) is 8.32. The number of alkyl halides is 6. The molecule has 4 aromatic rings. The number of nitrogens with zero attached hydrogens (tertiary/aromatic N) is 5. The fourth-order valence-corrected chi connectivity index (χ4v) is 3.24. The molecule has 40 heavy (non-hydrogen) atoms. The number of pyridine rings is 1. The first-order valence-electron chi connectivity index (χ1n) is 11.1. The van der Waals surface area contributed by atoms with Gasteiger partial charge in [-0.25, -0.2) is 14.8 Å². The Morgan fingerprint density at radius 2 is 1.52 bits per heavy atom. The summed E-state index contributed by atoms with van der Waals surface area (Å²) in [7, 11) is 0. The zero-order chi connectivity index (χ0) is 28.9. The lowest BCUT2D eigenvalue weighted by molar-refractivity contribution is -0.140. The summed E-state index contributed by atoms with van der Waals surface area (Å²) < 4.78 is 91.3. The molecule has 0 amide bonds. The maximum atomic E-state index is 13.7. The van der Waals surface area contributed by atoms with E-state index >= 15 is 0 Å². The molecule has 0 aliphatic carbocycles. The second kappa shape index (κ2) is 11.7. The van der Waals surface area contributed by atoms with Crippen LogP contribution in [0.5, 0.6) is 0 Å². The van der Waals surface area contributed by atoms with Crippen molar-refractivity contribution in [1.82, 2.24) is 19.9 Å². The summed E-state index contributed by atoms with van der Waals surface area (Å²) >= 11 is 5.78. The first-order valence-corrected chi connectivity index (χ1v) is 11.4. The van der Waals surface area contributed by atoms with Crippen molar-refractivity contribution >= 4 is 41.3 Å². The maximum absolute atomic E-state index is 13.7. The zero-order valence-electron chi connectivity index (χ0n) is 19.8. The topological polar surface area (TPSA) is 100 Å². The molecular formula is C24H16ClF7N8. The predicted octanol–water partition coefficient (Wildman–Crippen LogP) is 6.90. The summed E-state index contributed by atoms with van der Waals surface area (Å²) in [6, 6.07) is 9.70. The lowest BCUT2D eigenvalue weighted by atomic mass is 10.1. The molecule has 4 rings (SSSR count). The number of rotatable bonds is 8. The molecule has 2 heterocycles. The number of anilines is 4. The Balaban J connectivity index is 1.56. The van der Waals surface area contributed by atoms with Crippen LogP contribution in [0.15, 0.2) is 65.9 Å². The van der Waals surface area contributed by atoms with Crippen LogP contribution < -0.4 is 16.1 Å². The van der Waals surface area contributed by atoms with Crippen molar-refractivity contribution in [2.24, 2.45) is 5.10 Å². The molecular weight excluding hydrogens is 569 g/mol. The smallest absolute Gasteiger partial charge is 0.350 e. The van der Waals surface area contributed by atoms with Crippen molar-refractivity contribution in [2.45, 2.75) is 18.9 Å². The number of hydrogen-bond acceptors (Lipinski definition) is 8. The molecule has 0 aliphatic heterocycles. The Hall–Kier alpha value is -4.53. The van der Waals surface area contributed by atoms with Gasteiger partial charge >= 0.3 is 12.4 Å². The maximum Gasteiger partial charge on any atom is 0.419 e. The standard InChI is InChI=1S/C24H16ClF7N8/c25-19-8-3-14(10-33-19)11-34-20-37-21(36-16-6-7-18(26)17(9-16)24(30,31)32)39-22(38-20)40-35-12-13-1-4-15(5-2-13)23(27,28)29/h1-10,12H,11H2,(H3,34,36,37,38,39,40)/b35-12+. The van der Waals surface area contributed by atoms with E-state index in [0.717, 1.165) is 18.2 Å². The molecule has 0 spiro atoms. The third-order valence-corrected chi connectivity index (χ3v) is 5.24.